The molecule has 0 saturated heterocycles. The van der Waals surface area contributed by atoms with Crippen molar-refractivity contribution in [3.05, 3.63) is 0 Å². The highest BCUT2D eigenvalue weighted by Gasteiger charge is 2.11. The molecule has 0 spiro atoms. The molecule has 0 fully saturated rings. The predicted octanol–water partition coefficient (Wildman–Crippen LogP) is -0.234. The Balaban J connectivity index is 3.07. The first-order valence-electron chi connectivity index (χ1n) is 2.97. The van der Waals surface area contributed by atoms with Crippen LogP contribution in [0.25, 0.3) is 0 Å². The fourth-order valence-corrected chi connectivity index (χ4v) is 0.386. The number of ether oxygens (including phenoxy) is 1. The van der Waals surface area contributed by atoms with Crippen molar-refractivity contribution in [3.63, 3.8) is 0 Å². The van der Waals surface area contributed by atoms with Gasteiger partial charge in [0.25, 0.3) is 0 Å². The molecule has 0 radical (unpaired) electrons. The van der Waals surface area contributed by atoms with Crippen molar-refractivity contribution in [2.45, 2.75) is 19.4 Å². The summed E-state index contributed by atoms with van der Waals surface area (Å²) in [6.45, 7) is 3.89. The SMILES string of the molecule is CC(C)(O)COCCO. The van der Waals surface area contributed by atoms with Crippen molar-refractivity contribution in [3.8, 4) is 0 Å². The lowest BCUT2D eigenvalue weighted by Gasteiger charge is -2.15. The van der Waals surface area contributed by atoms with Crippen LogP contribution in [0.2, 0.25) is 0 Å². The molecule has 0 aliphatic heterocycles. The highest BCUT2D eigenvalue weighted by Crippen LogP contribution is 1.99. The minimum absolute atomic E-state index is 0.0100. The van der Waals surface area contributed by atoms with Gasteiger partial charge in [0.15, 0.2) is 0 Å². The summed E-state index contributed by atoms with van der Waals surface area (Å²) in [6.07, 6.45) is 0. The maximum atomic E-state index is 9.04. The highest BCUT2D eigenvalue weighted by atomic mass is 16.5. The lowest BCUT2D eigenvalue weighted by molar-refractivity contribution is -0.0289. The standard InChI is InChI=1S/C6H14O3/c1-6(2,8)5-9-4-3-7/h7-8H,3-5H2,1-2H3. The summed E-state index contributed by atoms with van der Waals surface area (Å²) in [5.74, 6) is 0. The maximum absolute atomic E-state index is 9.04. The third kappa shape index (κ3) is 7.88. The summed E-state index contributed by atoms with van der Waals surface area (Å²) in [4.78, 5) is 0. The Labute approximate surface area is 55.3 Å². The first kappa shape index (κ1) is 8.88. The van der Waals surface area contributed by atoms with Crippen LogP contribution >= 0.6 is 0 Å². The average molecular weight is 134 g/mol. The van der Waals surface area contributed by atoms with Gasteiger partial charge in [-0.05, 0) is 13.8 Å². The topological polar surface area (TPSA) is 49.7 Å². The van der Waals surface area contributed by atoms with Gasteiger partial charge in [-0.2, -0.15) is 0 Å². The van der Waals surface area contributed by atoms with E-state index in [-0.39, 0.29) is 13.2 Å². The molecule has 0 heterocycles. The van der Waals surface area contributed by atoms with E-state index in [1.807, 2.05) is 0 Å². The minimum Gasteiger partial charge on any atom is -0.394 e. The molecule has 0 aromatic rings. The number of hydrogen-bond donors (Lipinski definition) is 2. The molecule has 0 aromatic heterocycles. The molecule has 0 aliphatic rings. The number of aliphatic hydroxyl groups is 2. The zero-order valence-electron chi connectivity index (χ0n) is 5.92. The molecule has 56 valence electrons. The van der Waals surface area contributed by atoms with Crippen LogP contribution < -0.4 is 0 Å². The normalized spacial score (nSPS) is 12.0. The van der Waals surface area contributed by atoms with Crippen LogP contribution in [0.5, 0.6) is 0 Å². The van der Waals surface area contributed by atoms with E-state index < -0.39 is 5.60 Å². The van der Waals surface area contributed by atoms with Crippen molar-refractivity contribution in [2.75, 3.05) is 19.8 Å². The summed E-state index contributed by atoms with van der Waals surface area (Å²) >= 11 is 0. The maximum Gasteiger partial charge on any atom is 0.0824 e. The Morgan fingerprint density at radius 2 is 2.00 bits per heavy atom. The molecule has 0 saturated carbocycles. The fraction of sp³-hybridized carbons (Fsp3) is 1.00. The van der Waals surface area contributed by atoms with E-state index in [0.29, 0.717) is 6.61 Å². The summed E-state index contributed by atoms with van der Waals surface area (Å²) in [5, 5.41) is 17.3. The Hall–Kier alpha value is -0.120. The second-order valence-corrected chi connectivity index (χ2v) is 2.59. The fourth-order valence-electron chi connectivity index (χ4n) is 0.386. The van der Waals surface area contributed by atoms with E-state index in [2.05, 4.69) is 0 Å². The van der Waals surface area contributed by atoms with Crippen molar-refractivity contribution in [1.29, 1.82) is 0 Å². The number of hydrogen-bond acceptors (Lipinski definition) is 3. The molecule has 9 heavy (non-hydrogen) atoms. The third-order valence-corrected chi connectivity index (χ3v) is 0.691. The zero-order valence-corrected chi connectivity index (χ0v) is 5.92. The summed E-state index contributed by atoms with van der Waals surface area (Å²) in [7, 11) is 0. The van der Waals surface area contributed by atoms with E-state index in [9.17, 15) is 0 Å². The smallest absolute Gasteiger partial charge is 0.0824 e. The monoisotopic (exact) mass is 134 g/mol. The summed E-state index contributed by atoms with van der Waals surface area (Å²) in [5.41, 5.74) is -0.783. The predicted molar refractivity (Wildman–Crippen MR) is 34.2 cm³/mol. The second-order valence-electron chi connectivity index (χ2n) is 2.59. The van der Waals surface area contributed by atoms with Gasteiger partial charge in [-0.1, -0.05) is 0 Å². The molecule has 3 nitrogen and oxygen atoms in total. The van der Waals surface area contributed by atoms with Gasteiger partial charge in [0.05, 0.1) is 25.4 Å². The second kappa shape index (κ2) is 3.82. The lowest BCUT2D eigenvalue weighted by Crippen LogP contribution is -2.26. The highest BCUT2D eigenvalue weighted by molar-refractivity contribution is 4.62. The van der Waals surface area contributed by atoms with Crippen molar-refractivity contribution < 1.29 is 14.9 Å². The number of aliphatic hydroxyl groups excluding tert-OH is 1. The van der Waals surface area contributed by atoms with Gasteiger partial charge < -0.3 is 14.9 Å². The molecular weight excluding hydrogens is 120 g/mol. The molecule has 0 amide bonds. The first-order chi connectivity index (χ1) is 4.06. The van der Waals surface area contributed by atoms with E-state index in [1.54, 1.807) is 13.8 Å². The molecule has 0 bridgehead atoms. The minimum atomic E-state index is -0.783. The van der Waals surface area contributed by atoms with Gasteiger partial charge in [-0.25, -0.2) is 0 Å². The van der Waals surface area contributed by atoms with Crippen LogP contribution in [0, 0.1) is 0 Å². The molecular formula is C6H14O3. The third-order valence-electron chi connectivity index (χ3n) is 0.691. The van der Waals surface area contributed by atoms with Crippen LogP contribution in [0.15, 0.2) is 0 Å². The molecule has 0 rings (SSSR count). The molecule has 0 aromatic carbocycles. The molecule has 0 unspecified atom stereocenters. The van der Waals surface area contributed by atoms with Gasteiger partial charge in [-0.15, -0.1) is 0 Å². The van der Waals surface area contributed by atoms with E-state index in [1.165, 1.54) is 0 Å². The van der Waals surface area contributed by atoms with Crippen LogP contribution in [0.3, 0.4) is 0 Å². The molecule has 3 heteroatoms. The van der Waals surface area contributed by atoms with Crippen LogP contribution in [-0.4, -0.2) is 35.6 Å². The Kier molecular flexibility index (Phi) is 3.77. The first-order valence-corrected chi connectivity index (χ1v) is 2.97. The molecule has 0 aliphatic carbocycles. The Morgan fingerprint density at radius 1 is 1.44 bits per heavy atom. The van der Waals surface area contributed by atoms with Gasteiger partial charge >= 0.3 is 0 Å². The lowest BCUT2D eigenvalue weighted by atomic mass is 10.2. The number of rotatable bonds is 4. The van der Waals surface area contributed by atoms with E-state index >= 15 is 0 Å². The van der Waals surface area contributed by atoms with E-state index in [4.69, 9.17) is 14.9 Å². The van der Waals surface area contributed by atoms with Crippen molar-refractivity contribution >= 4 is 0 Å². The quantitative estimate of drug-likeness (QED) is 0.522. The van der Waals surface area contributed by atoms with Crippen LogP contribution in [-0.2, 0) is 4.74 Å². The zero-order chi connectivity index (χ0) is 7.33. The Bertz CT molecular complexity index is 65.2. The van der Waals surface area contributed by atoms with Gasteiger partial charge in [0, 0.05) is 0 Å². The van der Waals surface area contributed by atoms with Gasteiger partial charge in [0.2, 0.25) is 0 Å². The van der Waals surface area contributed by atoms with Crippen molar-refractivity contribution in [1.82, 2.24) is 0 Å². The average Bonchev–Trinajstić information content (AvgIpc) is 1.63. The van der Waals surface area contributed by atoms with Crippen LogP contribution in [0.4, 0.5) is 0 Å². The summed E-state index contributed by atoms with van der Waals surface area (Å²) in [6, 6.07) is 0. The largest absolute Gasteiger partial charge is 0.394 e. The van der Waals surface area contributed by atoms with Crippen LogP contribution in [0.1, 0.15) is 13.8 Å². The summed E-state index contributed by atoms with van der Waals surface area (Å²) < 4.78 is 4.85. The Morgan fingerprint density at radius 3 is 2.33 bits per heavy atom. The van der Waals surface area contributed by atoms with Gasteiger partial charge in [0.1, 0.15) is 0 Å². The molecule has 2 N–H and O–H groups in total. The molecule has 0 atom stereocenters. The van der Waals surface area contributed by atoms with Gasteiger partial charge in [-0.3, -0.25) is 0 Å². The van der Waals surface area contributed by atoms with E-state index in [0.717, 1.165) is 0 Å². The van der Waals surface area contributed by atoms with Crippen molar-refractivity contribution in [2.24, 2.45) is 0 Å².